The molecule has 0 aliphatic heterocycles. The summed E-state index contributed by atoms with van der Waals surface area (Å²) >= 11 is 3.45. The minimum absolute atomic E-state index is 0.171. The van der Waals surface area contributed by atoms with Crippen molar-refractivity contribution in [3.05, 3.63) is 74.9 Å². The van der Waals surface area contributed by atoms with E-state index in [9.17, 15) is 4.79 Å². The van der Waals surface area contributed by atoms with E-state index in [1.54, 1.807) is 12.3 Å². The van der Waals surface area contributed by atoms with Crippen molar-refractivity contribution < 1.29 is 0 Å². The number of fused-ring (bicyclic) bond motifs is 2. The second-order valence-electron chi connectivity index (χ2n) is 8.81. The Morgan fingerprint density at radius 1 is 1.10 bits per heavy atom. The summed E-state index contributed by atoms with van der Waals surface area (Å²) in [7, 11) is 0. The predicted octanol–water partition coefficient (Wildman–Crippen LogP) is 5.87. The van der Waals surface area contributed by atoms with Gasteiger partial charge < -0.3 is 4.57 Å². The largest absolute Gasteiger partial charge is 0.344 e. The summed E-state index contributed by atoms with van der Waals surface area (Å²) in [5.74, 6) is 0.631. The van der Waals surface area contributed by atoms with Crippen molar-refractivity contribution in [2.24, 2.45) is 5.10 Å². The van der Waals surface area contributed by atoms with Gasteiger partial charge in [0.15, 0.2) is 0 Å². The Hall–Kier alpha value is -2.73. The molecule has 4 rings (SSSR count). The second kappa shape index (κ2) is 7.51. The molecule has 5 nitrogen and oxygen atoms in total. The van der Waals surface area contributed by atoms with E-state index in [-0.39, 0.29) is 11.0 Å². The van der Waals surface area contributed by atoms with Gasteiger partial charge in [-0.25, -0.2) is 4.98 Å². The Bertz CT molecular complexity index is 1340. The number of nitrogens with zero attached hydrogens (tertiary/aromatic N) is 4. The normalized spacial score (nSPS) is 12.6. The van der Waals surface area contributed by atoms with Crippen LogP contribution >= 0.6 is 15.9 Å². The van der Waals surface area contributed by atoms with Crippen molar-refractivity contribution in [1.82, 2.24) is 14.2 Å². The molecule has 154 valence electrons. The van der Waals surface area contributed by atoms with E-state index in [1.165, 1.54) is 4.68 Å². The van der Waals surface area contributed by atoms with Crippen LogP contribution in [0.2, 0.25) is 0 Å². The zero-order valence-electron chi connectivity index (χ0n) is 17.8. The number of para-hydroxylation sites is 1. The maximum Gasteiger partial charge on any atom is 0.282 e. The van der Waals surface area contributed by atoms with E-state index in [1.807, 2.05) is 45.0 Å². The van der Waals surface area contributed by atoms with Crippen molar-refractivity contribution in [1.29, 1.82) is 0 Å². The van der Waals surface area contributed by atoms with Gasteiger partial charge in [-0.3, -0.25) is 4.79 Å². The maximum atomic E-state index is 13.3. The first-order valence-electron chi connectivity index (χ1n) is 10.0. The van der Waals surface area contributed by atoms with Gasteiger partial charge in [0.05, 0.1) is 17.1 Å². The van der Waals surface area contributed by atoms with Gasteiger partial charge >= 0.3 is 0 Å². The Morgan fingerprint density at radius 2 is 1.83 bits per heavy atom. The monoisotopic (exact) mass is 464 g/mol. The summed E-state index contributed by atoms with van der Waals surface area (Å²) in [6, 6.07) is 14.1. The lowest BCUT2D eigenvalue weighted by Crippen LogP contribution is -2.29. The number of halogens is 1. The first kappa shape index (κ1) is 20.5. The topological polar surface area (TPSA) is 52.2 Å². The van der Waals surface area contributed by atoms with Crippen LogP contribution in [0.3, 0.4) is 0 Å². The lowest BCUT2D eigenvalue weighted by atomic mass is 9.95. The first-order valence-corrected chi connectivity index (χ1v) is 10.8. The lowest BCUT2D eigenvalue weighted by molar-refractivity contribution is 0.506. The first-order chi connectivity index (χ1) is 14.2. The van der Waals surface area contributed by atoms with Gasteiger partial charge in [-0.2, -0.15) is 9.78 Å². The Kier molecular flexibility index (Phi) is 5.14. The Morgan fingerprint density at radius 3 is 2.53 bits per heavy atom. The molecule has 2 heterocycles. The number of hydrogen-bond donors (Lipinski definition) is 0. The zero-order valence-corrected chi connectivity index (χ0v) is 19.4. The molecule has 6 heteroatoms. The van der Waals surface area contributed by atoms with Crippen LogP contribution < -0.4 is 5.56 Å². The quantitative estimate of drug-likeness (QED) is 0.355. The van der Waals surface area contributed by atoms with Crippen molar-refractivity contribution in [3.63, 3.8) is 0 Å². The Labute approximate surface area is 184 Å². The lowest BCUT2D eigenvalue weighted by Gasteiger charge is -2.20. The molecule has 4 aromatic rings. The second-order valence-corrected chi connectivity index (χ2v) is 9.73. The third-order valence-electron chi connectivity index (χ3n) is 5.12. The molecule has 0 radical (unpaired) electrons. The van der Waals surface area contributed by atoms with Crippen LogP contribution in [0.4, 0.5) is 0 Å². The van der Waals surface area contributed by atoms with E-state index in [4.69, 9.17) is 4.98 Å². The molecule has 0 bridgehead atoms. The van der Waals surface area contributed by atoms with Crippen LogP contribution in [0.25, 0.3) is 21.8 Å². The smallest absolute Gasteiger partial charge is 0.282 e. The highest BCUT2D eigenvalue weighted by Crippen LogP contribution is 2.25. The highest BCUT2D eigenvalue weighted by Gasteiger charge is 2.23. The van der Waals surface area contributed by atoms with Crippen LogP contribution in [-0.4, -0.2) is 20.4 Å². The van der Waals surface area contributed by atoms with E-state index >= 15 is 0 Å². The van der Waals surface area contributed by atoms with E-state index < -0.39 is 0 Å². The standard InChI is InChI=1S/C24H25BrN4O/c1-15(2)28-14-16(18-8-6-7-9-21(18)28)13-26-29-22(30)19-12-17(25)10-11-20(19)27-23(29)24(3,4)5/h6-15H,1-5H3. The molecule has 0 amide bonds. The third kappa shape index (κ3) is 3.60. The van der Waals surface area contributed by atoms with Crippen molar-refractivity contribution >= 4 is 44.0 Å². The molecule has 0 spiro atoms. The molecular weight excluding hydrogens is 440 g/mol. The summed E-state index contributed by atoms with van der Waals surface area (Å²) < 4.78 is 4.50. The van der Waals surface area contributed by atoms with Crippen LogP contribution in [0, 0.1) is 0 Å². The van der Waals surface area contributed by atoms with Gasteiger partial charge in [-0.1, -0.05) is 54.9 Å². The molecule has 0 unspecified atom stereocenters. The van der Waals surface area contributed by atoms with Crippen LogP contribution in [0.1, 0.15) is 52.0 Å². The number of aromatic nitrogens is 3. The van der Waals surface area contributed by atoms with Gasteiger partial charge in [0.1, 0.15) is 5.82 Å². The molecule has 0 aliphatic rings. The summed E-state index contributed by atoms with van der Waals surface area (Å²) in [4.78, 5) is 18.1. The average Bonchev–Trinajstić information content (AvgIpc) is 3.06. The SMILES string of the molecule is CC(C)n1cc(C=Nn2c(C(C)(C)C)nc3ccc(Br)cc3c2=O)c2ccccc21. The molecule has 0 saturated carbocycles. The molecule has 2 aromatic heterocycles. The van der Waals surface area contributed by atoms with Crippen LogP contribution in [-0.2, 0) is 5.41 Å². The van der Waals surface area contributed by atoms with Gasteiger partial charge in [0.25, 0.3) is 5.56 Å². The van der Waals surface area contributed by atoms with Gasteiger partial charge in [-0.05, 0) is 38.1 Å². The van der Waals surface area contributed by atoms with Crippen LogP contribution in [0.5, 0.6) is 0 Å². The molecular formula is C24H25BrN4O. The maximum absolute atomic E-state index is 13.3. The molecule has 0 saturated heterocycles. The molecule has 0 atom stereocenters. The fourth-order valence-electron chi connectivity index (χ4n) is 3.62. The highest BCUT2D eigenvalue weighted by molar-refractivity contribution is 9.10. The third-order valence-corrected chi connectivity index (χ3v) is 5.61. The van der Waals surface area contributed by atoms with Gasteiger partial charge in [0, 0.05) is 38.6 Å². The fourth-order valence-corrected chi connectivity index (χ4v) is 3.98. The summed E-state index contributed by atoms with van der Waals surface area (Å²) in [6.45, 7) is 10.4. The predicted molar refractivity (Wildman–Crippen MR) is 128 cm³/mol. The molecule has 2 aromatic carbocycles. The van der Waals surface area contributed by atoms with Crippen molar-refractivity contribution in [2.75, 3.05) is 0 Å². The molecule has 0 fully saturated rings. The zero-order chi connectivity index (χ0) is 21.6. The minimum atomic E-state index is -0.344. The summed E-state index contributed by atoms with van der Waals surface area (Å²) in [6.07, 6.45) is 3.86. The van der Waals surface area contributed by atoms with E-state index in [0.717, 1.165) is 20.9 Å². The number of benzene rings is 2. The number of hydrogen-bond acceptors (Lipinski definition) is 3. The number of rotatable bonds is 3. The summed E-state index contributed by atoms with van der Waals surface area (Å²) in [5.41, 5.74) is 2.29. The minimum Gasteiger partial charge on any atom is -0.344 e. The van der Waals surface area contributed by atoms with E-state index in [2.05, 4.69) is 57.8 Å². The van der Waals surface area contributed by atoms with Crippen molar-refractivity contribution in [2.45, 2.75) is 46.1 Å². The van der Waals surface area contributed by atoms with Crippen molar-refractivity contribution in [3.8, 4) is 0 Å². The summed E-state index contributed by atoms with van der Waals surface area (Å²) in [5, 5.41) is 6.28. The molecule has 30 heavy (non-hydrogen) atoms. The molecule has 0 N–H and O–H groups in total. The molecule has 0 aliphatic carbocycles. The average molecular weight is 465 g/mol. The van der Waals surface area contributed by atoms with Gasteiger partial charge in [0.2, 0.25) is 0 Å². The highest BCUT2D eigenvalue weighted by atomic mass is 79.9. The Balaban J connectivity index is 1.94. The van der Waals surface area contributed by atoms with Gasteiger partial charge in [-0.15, -0.1) is 0 Å². The van der Waals surface area contributed by atoms with E-state index in [0.29, 0.717) is 22.8 Å². The van der Waals surface area contributed by atoms with Crippen LogP contribution in [0.15, 0.2) is 63.0 Å². The fraction of sp³-hybridized carbons (Fsp3) is 0.292.